The summed E-state index contributed by atoms with van der Waals surface area (Å²) < 4.78 is 36.8. The zero-order valence-corrected chi connectivity index (χ0v) is 14.1. The molecule has 0 fully saturated rings. The number of amides is 1. The van der Waals surface area contributed by atoms with Gasteiger partial charge in [0, 0.05) is 37.8 Å². The van der Waals surface area contributed by atoms with E-state index in [2.05, 4.69) is 21.2 Å². The van der Waals surface area contributed by atoms with Crippen molar-refractivity contribution in [1.29, 1.82) is 0 Å². The minimum absolute atomic E-state index is 0.0516. The van der Waals surface area contributed by atoms with Crippen molar-refractivity contribution in [2.75, 3.05) is 52.4 Å². The van der Waals surface area contributed by atoms with Crippen LogP contribution in [0.1, 0.15) is 0 Å². The number of hydrogen-bond donors (Lipinski definition) is 1. The fourth-order valence-corrected chi connectivity index (χ4v) is 2.26. The van der Waals surface area contributed by atoms with E-state index in [1.165, 1.54) is 0 Å². The molecule has 8 heteroatoms. The van der Waals surface area contributed by atoms with Gasteiger partial charge >= 0.3 is 0 Å². The maximum absolute atomic E-state index is 13.7. The molecule has 1 aromatic carbocycles. The van der Waals surface area contributed by atoms with Crippen LogP contribution in [0.5, 0.6) is 0 Å². The fraction of sp³-hybridized carbons (Fsp3) is 0.500. The molecule has 5 nitrogen and oxygen atoms in total. The van der Waals surface area contributed by atoms with Crippen LogP contribution in [0.15, 0.2) is 16.6 Å². The van der Waals surface area contributed by atoms with Gasteiger partial charge in [0.2, 0.25) is 5.91 Å². The summed E-state index contributed by atoms with van der Waals surface area (Å²) in [6.07, 6.45) is 0. The molecule has 0 saturated heterocycles. The third-order valence-electron chi connectivity index (χ3n) is 2.86. The second-order valence-electron chi connectivity index (χ2n) is 4.55. The van der Waals surface area contributed by atoms with Crippen molar-refractivity contribution >= 4 is 27.5 Å². The van der Waals surface area contributed by atoms with E-state index in [9.17, 15) is 13.6 Å². The Morgan fingerprint density at radius 1 is 1.23 bits per heavy atom. The number of ether oxygens (including phenoxy) is 2. The average Bonchev–Trinajstić information content (AvgIpc) is 2.45. The van der Waals surface area contributed by atoms with Gasteiger partial charge in [-0.1, -0.05) is 0 Å². The zero-order valence-electron chi connectivity index (χ0n) is 12.5. The summed E-state index contributed by atoms with van der Waals surface area (Å²) in [6.45, 7) is 2.06. The third kappa shape index (κ3) is 6.35. The van der Waals surface area contributed by atoms with Gasteiger partial charge in [0.25, 0.3) is 0 Å². The van der Waals surface area contributed by atoms with E-state index >= 15 is 0 Å². The molecule has 1 amide bonds. The number of halogens is 3. The topological polar surface area (TPSA) is 50.8 Å². The van der Waals surface area contributed by atoms with E-state index in [0.29, 0.717) is 32.4 Å². The van der Waals surface area contributed by atoms with Crippen molar-refractivity contribution < 1.29 is 23.0 Å². The summed E-state index contributed by atoms with van der Waals surface area (Å²) in [4.78, 5) is 13.8. The molecule has 0 aliphatic carbocycles. The predicted octanol–water partition coefficient (Wildman–Crippen LogP) is 2.26. The summed E-state index contributed by atoms with van der Waals surface area (Å²) in [5.74, 6) is -1.96. The van der Waals surface area contributed by atoms with E-state index in [4.69, 9.17) is 9.47 Å². The minimum Gasteiger partial charge on any atom is -0.383 e. The number of nitrogens with zero attached hydrogens (tertiary/aromatic N) is 1. The number of carbonyl (C=O) groups excluding carboxylic acids is 1. The first kappa shape index (κ1) is 19.0. The summed E-state index contributed by atoms with van der Waals surface area (Å²) in [6, 6.07) is 1.81. The van der Waals surface area contributed by atoms with Crippen LogP contribution in [0.25, 0.3) is 0 Å². The Morgan fingerprint density at radius 3 is 2.32 bits per heavy atom. The highest BCUT2D eigenvalue weighted by molar-refractivity contribution is 9.10. The molecule has 0 aromatic heterocycles. The molecule has 1 rings (SSSR count). The van der Waals surface area contributed by atoms with Crippen LogP contribution in [0.2, 0.25) is 0 Å². The molecule has 0 radical (unpaired) electrons. The van der Waals surface area contributed by atoms with Crippen LogP contribution < -0.4 is 5.32 Å². The zero-order chi connectivity index (χ0) is 16.5. The van der Waals surface area contributed by atoms with Crippen molar-refractivity contribution in [3.05, 3.63) is 28.2 Å². The Morgan fingerprint density at radius 2 is 1.82 bits per heavy atom. The molecule has 0 bridgehead atoms. The third-order valence-corrected chi connectivity index (χ3v) is 3.49. The molecule has 0 aliphatic heterocycles. The van der Waals surface area contributed by atoms with E-state index in [1.807, 2.05) is 4.90 Å². The van der Waals surface area contributed by atoms with Gasteiger partial charge in [-0.05, 0) is 22.0 Å². The van der Waals surface area contributed by atoms with E-state index < -0.39 is 17.5 Å². The summed E-state index contributed by atoms with van der Waals surface area (Å²) in [5.41, 5.74) is -0.0789. The summed E-state index contributed by atoms with van der Waals surface area (Å²) in [5, 5.41) is 2.44. The Kier molecular flexibility index (Phi) is 8.47. The molecule has 0 saturated carbocycles. The molecule has 0 aliphatic rings. The van der Waals surface area contributed by atoms with Crippen LogP contribution in [0, 0.1) is 11.6 Å². The SMILES string of the molecule is COCCN(CCOC)CC(=O)Nc1c(F)cc(F)cc1Br. The quantitative estimate of drug-likeness (QED) is 0.713. The Hall–Kier alpha value is -1.09. The molecule has 0 atom stereocenters. The van der Waals surface area contributed by atoms with Gasteiger partial charge < -0.3 is 14.8 Å². The van der Waals surface area contributed by atoms with Crippen LogP contribution in [-0.4, -0.2) is 57.9 Å². The van der Waals surface area contributed by atoms with Crippen molar-refractivity contribution in [3.63, 3.8) is 0 Å². The van der Waals surface area contributed by atoms with Gasteiger partial charge in [-0.3, -0.25) is 9.69 Å². The normalized spacial score (nSPS) is 11.0. The lowest BCUT2D eigenvalue weighted by atomic mass is 10.3. The second kappa shape index (κ2) is 9.83. The molecule has 1 N–H and O–H groups in total. The summed E-state index contributed by atoms with van der Waals surface area (Å²) >= 11 is 3.03. The van der Waals surface area contributed by atoms with Gasteiger partial charge in [0.15, 0.2) is 5.82 Å². The highest BCUT2D eigenvalue weighted by Gasteiger charge is 2.15. The largest absolute Gasteiger partial charge is 0.383 e. The molecule has 0 spiro atoms. The van der Waals surface area contributed by atoms with E-state index in [1.54, 1.807) is 14.2 Å². The van der Waals surface area contributed by atoms with E-state index in [-0.39, 0.29) is 16.7 Å². The fourth-order valence-electron chi connectivity index (χ4n) is 1.75. The lowest BCUT2D eigenvalue weighted by Gasteiger charge is -2.21. The highest BCUT2D eigenvalue weighted by Crippen LogP contribution is 2.26. The van der Waals surface area contributed by atoms with Crippen molar-refractivity contribution in [2.24, 2.45) is 0 Å². The molecule has 0 heterocycles. The number of nitrogens with one attached hydrogen (secondary N) is 1. The van der Waals surface area contributed by atoms with Crippen LogP contribution in [0.3, 0.4) is 0 Å². The monoisotopic (exact) mass is 380 g/mol. The molecular weight excluding hydrogens is 362 g/mol. The molecular formula is C14H19BrF2N2O3. The second-order valence-corrected chi connectivity index (χ2v) is 5.41. The number of rotatable bonds is 9. The number of anilines is 1. The Balaban J connectivity index is 2.66. The highest BCUT2D eigenvalue weighted by atomic mass is 79.9. The summed E-state index contributed by atoms with van der Waals surface area (Å²) in [7, 11) is 3.14. The van der Waals surface area contributed by atoms with E-state index in [0.717, 1.165) is 6.07 Å². The lowest BCUT2D eigenvalue weighted by Crippen LogP contribution is -2.37. The van der Waals surface area contributed by atoms with Gasteiger partial charge in [-0.15, -0.1) is 0 Å². The van der Waals surface area contributed by atoms with Gasteiger partial charge in [0.05, 0.1) is 25.4 Å². The smallest absolute Gasteiger partial charge is 0.238 e. The van der Waals surface area contributed by atoms with Gasteiger partial charge in [-0.25, -0.2) is 8.78 Å². The van der Waals surface area contributed by atoms with Crippen LogP contribution in [-0.2, 0) is 14.3 Å². The molecule has 0 unspecified atom stereocenters. The first-order chi connectivity index (χ1) is 10.5. The standard InChI is InChI=1S/C14H19BrF2N2O3/c1-21-5-3-19(4-6-22-2)9-13(20)18-14-11(15)7-10(16)8-12(14)17/h7-8H,3-6,9H2,1-2H3,(H,18,20). The molecule has 124 valence electrons. The van der Waals surface area contributed by atoms with Crippen molar-refractivity contribution in [1.82, 2.24) is 4.90 Å². The Bertz CT molecular complexity index is 472. The van der Waals surface area contributed by atoms with Crippen molar-refractivity contribution in [3.8, 4) is 0 Å². The van der Waals surface area contributed by atoms with Crippen LogP contribution >= 0.6 is 15.9 Å². The number of hydrogen-bond acceptors (Lipinski definition) is 4. The van der Waals surface area contributed by atoms with Gasteiger partial charge in [-0.2, -0.15) is 0 Å². The maximum atomic E-state index is 13.7. The number of benzene rings is 1. The first-order valence-electron chi connectivity index (χ1n) is 6.62. The minimum atomic E-state index is -0.833. The maximum Gasteiger partial charge on any atom is 0.238 e. The van der Waals surface area contributed by atoms with Crippen LogP contribution in [0.4, 0.5) is 14.5 Å². The first-order valence-corrected chi connectivity index (χ1v) is 7.41. The Labute approximate surface area is 136 Å². The molecule has 1 aromatic rings. The number of methoxy groups -OCH3 is 2. The predicted molar refractivity (Wildman–Crippen MR) is 82.9 cm³/mol. The number of carbonyl (C=O) groups is 1. The van der Waals surface area contributed by atoms with Crippen molar-refractivity contribution in [2.45, 2.75) is 0 Å². The van der Waals surface area contributed by atoms with Gasteiger partial charge in [0.1, 0.15) is 5.82 Å². The average molecular weight is 381 g/mol. The lowest BCUT2D eigenvalue weighted by molar-refractivity contribution is -0.117. The molecule has 22 heavy (non-hydrogen) atoms.